The first-order valence-electron chi connectivity index (χ1n) is 5.68. The number of ether oxygens (including phenoxy) is 1. The van der Waals surface area contributed by atoms with E-state index in [2.05, 4.69) is 0 Å². The van der Waals surface area contributed by atoms with Gasteiger partial charge in [-0.1, -0.05) is 12.1 Å². The van der Waals surface area contributed by atoms with Gasteiger partial charge < -0.3 is 9.84 Å². The van der Waals surface area contributed by atoms with Crippen molar-refractivity contribution in [3.8, 4) is 0 Å². The van der Waals surface area contributed by atoms with E-state index >= 15 is 0 Å². The van der Waals surface area contributed by atoms with E-state index in [0.717, 1.165) is 0 Å². The van der Waals surface area contributed by atoms with E-state index in [4.69, 9.17) is 4.74 Å². The quantitative estimate of drug-likeness (QED) is 0.657. The molecule has 1 aromatic rings. The number of hydrogen-bond acceptors (Lipinski definition) is 3. The second kappa shape index (κ2) is 4.40. The van der Waals surface area contributed by atoms with Gasteiger partial charge >= 0.3 is 11.9 Å². The molecule has 0 amide bonds. The van der Waals surface area contributed by atoms with Gasteiger partial charge in [0.15, 0.2) is 5.41 Å². The Kier molecular flexibility index (Phi) is 3.07. The van der Waals surface area contributed by atoms with Gasteiger partial charge in [-0.25, -0.2) is 4.39 Å². The topological polar surface area (TPSA) is 63.6 Å². The summed E-state index contributed by atoms with van der Waals surface area (Å²) < 4.78 is 17.9. The second-order valence-corrected chi connectivity index (χ2v) is 4.31. The highest BCUT2D eigenvalue weighted by Gasteiger charge is 2.68. The molecule has 1 aliphatic carbocycles. The highest BCUT2D eigenvalue weighted by molar-refractivity contribution is 6.04. The maximum atomic E-state index is 13.1. The predicted molar refractivity (Wildman–Crippen MR) is 60.5 cm³/mol. The minimum Gasteiger partial charge on any atom is -0.480 e. The van der Waals surface area contributed by atoms with Crippen LogP contribution in [-0.2, 0) is 14.3 Å². The van der Waals surface area contributed by atoms with Crippen molar-refractivity contribution in [1.29, 1.82) is 0 Å². The van der Waals surface area contributed by atoms with Crippen LogP contribution in [0, 0.1) is 11.2 Å². The molecule has 1 saturated carbocycles. The number of esters is 1. The van der Waals surface area contributed by atoms with Gasteiger partial charge in [0.1, 0.15) is 5.82 Å². The summed E-state index contributed by atoms with van der Waals surface area (Å²) in [5.41, 5.74) is -1.02. The molecule has 1 fully saturated rings. The van der Waals surface area contributed by atoms with Crippen LogP contribution in [0.25, 0.3) is 0 Å². The number of rotatable bonds is 4. The first-order valence-corrected chi connectivity index (χ1v) is 5.68. The second-order valence-electron chi connectivity index (χ2n) is 4.31. The van der Waals surface area contributed by atoms with Crippen molar-refractivity contribution in [3.05, 3.63) is 35.6 Å². The van der Waals surface area contributed by atoms with Gasteiger partial charge in [-0.3, -0.25) is 9.59 Å². The number of carbonyl (C=O) groups excluding carboxylic acids is 1. The minimum atomic E-state index is -1.54. The van der Waals surface area contributed by atoms with Crippen LogP contribution in [0.3, 0.4) is 0 Å². The maximum Gasteiger partial charge on any atom is 0.324 e. The third kappa shape index (κ3) is 1.85. The van der Waals surface area contributed by atoms with Gasteiger partial charge in [-0.15, -0.1) is 0 Å². The molecule has 5 heteroatoms. The van der Waals surface area contributed by atoms with E-state index < -0.39 is 29.1 Å². The summed E-state index contributed by atoms with van der Waals surface area (Å²) in [6, 6.07) is 5.66. The zero-order valence-corrected chi connectivity index (χ0v) is 9.85. The van der Waals surface area contributed by atoms with Crippen molar-refractivity contribution >= 4 is 11.9 Å². The smallest absolute Gasteiger partial charge is 0.324 e. The third-order valence-electron chi connectivity index (χ3n) is 3.23. The lowest BCUT2D eigenvalue weighted by Crippen LogP contribution is -2.29. The number of carboxylic acids is 1. The van der Waals surface area contributed by atoms with Crippen molar-refractivity contribution in [2.45, 2.75) is 19.3 Å². The lowest BCUT2D eigenvalue weighted by molar-refractivity contribution is -0.161. The molecule has 96 valence electrons. The first kappa shape index (κ1) is 12.5. The molecule has 2 unspecified atom stereocenters. The Morgan fingerprint density at radius 2 is 2.28 bits per heavy atom. The van der Waals surface area contributed by atoms with Crippen molar-refractivity contribution in [2.75, 3.05) is 6.61 Å². The monoisotopic (exact) mass is 252 g/mol. The molecule has 0 radical (unpaired) electrons. The number of halogens is 1. The maximum absolute atomic E-state index is 13.1. The van der Waals surface area contributed by atoms with Crippen LogP contribution in [0.5, 0.6) is 0 Å². The van der Waals surface area contributed by atoms with Crippen molar-refractivity contribution in [2.24, 2.45) is 5.41 Å². The Balaban J connectivity index is 2.28. The number of aliphatic carboxylic acids is 1. The highest BCUT2D eigenvalue weighted by Crippen LogP contribution is 2.60. The van der Waals surface area contributed by atoms with Gasteiger partial charge in [-0.2, -0.15) is 0 Å². The molecule has 1 aromatic carbocycles. The van der Waals surface area contributed by atoms with E-state index in [9.17, 15) is 19.1 Å². The summed E-state index contributed by atoms with van der Waals surface area (Å²) in [6.45, 7) is 1.75. The molecule has 18 heavy (non-hydrogen) atoms. The molecule has 1 N–H and O–H groups in total. The van der Waals surface area contributed by atoms with Crippen LogP contribution in [-0.4, -0.2) is 23.7 Å². The summed E-state index contributed by atoms with van der Waals surface area (Å²) >= 11 is 0. The zero-order valence-electron chi connectivity index (χ0n) is 9.85. The Bertz CT molecular complexity index is 500. The number of carboxylic acid groups (broad SMARTS) is 1. The van der Waals surface area contributed by atoms with Crippen molar-refractivity contribution < 1.29 is 23.8 Å². The molecular weight excluding hydrogens is 239 g/mol. The summed E-state index contributed by atoms with van der Waals surface area (Å²) in [6.07, 6.45) is 0.157. The normalized spacial score (nSPS) is 25.6. The minimum absolute atomic E-state index is 0.129. The number of hydrogen-bond donors (Lipinski definition) is 1. The number of benzene rings is 1. The first-order chi connectivity index (χ1) is 8.52. The van der Waals surface area contributed by atoms with Crippen LogP contribution >= 0.6 is 0 Å². The van der Waals surface area contributed by atoms with Crippen LogP contribution in [0.4, 0.5) is 4.39 Å². The Hall–Kier alpha value is -1.91. The van der Waals surface area contributed by atoms with Gasteiger partial charge in [0.25, 0.3) is 0 Å². The average Bonchev–Trinajstić information content (AvgIpc) is 3.06. The zero-order chi connectivity index (χ0) is 13.3. The molecule has 1 aliphatic rings. The lowest BCUT2D eigenvalue weighted by Gasteiger charge is -2.11. The standard InChI is InChI=1S/C13H13FO4/c1-2-18-12(17)13(11(15)16)7-10(13)8-4-3-5-9(14)6-8/h3-6,10H,2,7H2,1H3,(H,15,16). The van der Waals surface area contributed by atoms with E-state index in [-0.39, 0.29) is 13.0 Å². The summed E-state index contributed by atoms with van der Waals surface area (Å²) in [5, 5.41) is 9.21. The van der Waals surface area contributed by atoms with E-state index in [0.29, 0.717) is 5.56 Å². The fourth-order valence-electron chi connectivity index (χ4n) is 2.20. The summed E-state index contributed by atoms with van der Waals surface area (Å²) in [7, 11) is 0. The fraction of sp³-hybridized carbons (Fsp3) is 0.385. The van der Waals surface area contributed by atoms with E-state index in [1.807, 2.05) is 0 Å². The Morgan fingerprint density at radius 3 is 2.83 bits per heavy atom. The molecular formula is C13H13FO4. The largest absolute Gasteiger partial charge is 0.480 e. The van der Waals surface area contributed by atoms with Gasteiger partial charge in [0, 0.05) is 5.92 Å². The van der Waals surface area contributed by atoms with Crippen LogP contribution < -0.4 is 0 Å². The molecule has 0 bridgehead atoms. The van der Waals surface area contributed by atoms with Crippen LogP contribution in [0.2, 0.25) is 0 Å². The Morgan fingerprint density at radius 1 is 1.56 bits per heavy atom. The third-order valence-corrected chi connectivity index (χ3v) is 3.23. The van der Waals surface area contributed by atoms with Gasteiger partial charge in [0.05, 0.1) is 6.61 Å². The molecule has 0 heterocycles. The summed E-state index contributed by atoms with van der Waals surface area (Å²) in [4.78, 5) is 23.0. The average molecular weight is 252 g/mol. The SMILES string of the molecule is CCOC(=O)C1(C(=O)O)CC1c1cccc(F)c1. The van der Waals surface area contributed by atoms with Crippen LogP contribution in [0.15, 0.2) is 24.3 Å². The molecule has 0 saturated heterocycles. The fourth-order valence-corrected chi connectivity index (χ4v) is 2.20. The highest BCUT2D eigenvalue weighted by atomic mass is 19.1. The van der Waals surface area contributed by atoms with Crippen molar-refractivity contribution in [3.63, 3.8) is 0 Å². The molecule has 2 rings (SSSR count). The van der Waals surface area contributed by atoms with E-state index in [1.165, 1.54) is 18.2 Å². The number of carbonyl (C=O) groups is 2. The summed E-state index contributed by atoms with van der Waals surface area (Å²) in [5.74, 6) is -2.91. The van der Waals surface area contributed by atoms with Gasteiger partial charge in [-0.05, 0) is 31.0 Å². The Labute approximate surface area is 103 Å². The van der Waals surface area contributed by atoms with Crippen molar-refractivity contribution in [1.82, 2.24) is 0 Å². The van der Waals surface area contributed by atoms with Gasteiger partial charge in [0.2, 0.25) is 0 Å². The molecule has 0 spiro atoms. The molecule has 2 atom stereocenters. The van der Waals surface area contributed by atoms with E-state index in [1.54, 1.807) is 13.0 Å². The van der Waals surface area contributed by atoms with Crippen LogP contribution in [0.1, 0.15) is 24.8 Å². The molecule has 4 nitrogen and oxygen atoms in total. The molecule has 0 aliphatic heterocycles. The predicted octanol–water partition coefficient (Wildman–Crippen LogP) is 1.95. The molecule has 0 aromatic heterocycles. The lowest BCUT2D eigenvalue weighted by atomic mass is 9.99.